The largest absolute Gasteiger partial charge is 0.118 e. The van der Waals surface area contributed by atoms with Crippen molar-refractivity contribution in [1.82, 2.24) is 0 Å². The van der Waals surface area contributed by atoms with Crippen LogP contribution in [-0.2, 0) is 12.8 Å². The monoisotopic (exact) mass is 234 g/mol. The number of hydrogen-bond acceptors (Lipinski definition) is 0. The van der Waals surface area contributed by atoms with Crippen molar-refractivity contribution in [2.45, 2.75) is 50.3 Å². The highest BCUT2D eigenvalue weighted by molar-refractivity contribution is 6.21. The Bertz CT molecular complexity index is 377. The Morgan fingerprint density at radius 1 is 1.00 bits per heavy atom. The topological polar surface area (TPSA) is 0 Å². The molecule has 1 aromatic carbocycles. The summed E-state index contributed by atoms with van der Waals surface area (Å²) in [5, 5.41) is 0.258. The van der Waals surface area contributed by atoms with Crippen LogP contribution in [0.2, 0.25) is 0 Å². The molecule has 0 spiro atoms. The van der Waals surface area contributed by atoms with Gasteiger partial charge in [0, 0.05) is 0 Å². The van der Waals surface area contributed by atoms with Gasteiger partial charge in [-0.2, -0.15) is 0 Å². The summed E-state index contributed by atoms with van der Waals surface area (Å²) < 4.78 is 0. The maximum atomic E-state index is 6.61. The van der Waals surface area contributed by atoms with Crippen LogP contribution < -0.4 is 0 Å². The van der Waals surface area contributed by atoms with Crippen LogP contribution in [0.25, 0.3) is 0 Å². The third kappa shape index (κ3) is 1.88. The van der Waals surface area contributed by atoms with Gasteiger partial charge < -0.3 is 0 Å². The summed E-state index contributed by atoms with van der Waals surface area (Å²) >= 11 is 6.61. The van der Waals surface area contributed by atoms with Crippen molar-refractivity contribution >= 4 is 11.6 Å². The highest BCUT2D eigenvalue weighted by atomic mass is 35.5. The molecule has 16 heavy (non-hydrogen) atoms. The van der Waals surface area contributed by atoms with Crippen molar-refractivity contribution in [3.63, 3.8) is 0 Å². The van der Waals surface area contributed by atoms with Gasteiger partial charge >= 0.3 is 0 Å². The first-order chi connectivity index (χ1) is 7.84. The van der Waals surface area contributed by atoms with Gasteiger partial charge in [0.05, 0.1) is 5.38 Å². The van der Waals surface area contributed by atoms with Gasteiger partial charge in [-0.1, -0.05) is 31.0 Å². The Morgan fingerprint density at radius 2 is 1.75 bits per heavy atom. The van der Waals surface area contributed by atoms with Crippen molar-refractivity contribution in [2.24, 2.45) is 5.92 Å². The zero-order valence-electron chi connectivity index (χ0n) is 9.71. The lowest BCUT2D eigenvalue weighted by atomic mass is 9.95. The van der Waals surface area contributed by atoms with E-state index in [1.165, 1.54) is 50.5 Å². The molecule has 0 saturated heterocycles. The number of rotatable bonds is 2. The third-order valence-electron chi connectivity index (χ3n) is 4.25. The van der Waals surface area contributed by atoms with Crippen LogP contribution in [0.15, 0.2) is 18.2 Å². The zero-order valence-corrected chi connectivity index (χ0v) is 10.5. The molecule has 0 aliphatic heterocycles. The van der Waals surface area contributed by atoms with Crippen molar-refractivity contribution in [3.8, 4) is 0 Å². The van der Waals surface area contributed by atoms with Crippen molar-refractivity contribution in [2.75, 3.05) is 0 Å². The summed E-state index contributed by atoms with van der Waals surface area (Å²) in [6.07, 6.45) is 9.26. The fourth-order valence-corrected chi connectivity index (χ4v) is 3.67. The van der Waals surface area contributed by atoms with Crippen molar-refractivity contribution < 1.29 is 0 Å². The Balaban J connectivity index is 1.83. The predicted octanol–water partition coefficient (Wildman–Crippen LogP) is 4.65. The molecule has 86 valence electrons. The van der Waals surface area contributed by atoms with Crippen molar-refractivity contribution in [1.29, 1.82) is 0 Å². The van der Waals surface area contributed by atoms with Crippen LogP contribution in [0.1, 0.15) is 54.2 Å². The highest BCUT2D eigenvalue weighted by Crippen LogP contribution is 2.40. The molecule has 1 fully saturated rings. The molecule has 0 nitrogen and oxygen atoms in total. The van der Waals surface area contributed by atoms with Gasteiger partial charge in [0.1, 0.15) is 0 Å². The lowest BCUT2D eigenvalue weighted by Crippen LogP contribution is -2.04. The summed E-state index contributed by atoms with van der Waals surface area (Å²) in [5.74, 6) is 0.723. The summed E-state index contributed by atoms with van der Waals surface area (Å²) in [6, 6.07) is 6.94. The first-order valence-corrected chi connectivity index (χ1v) is 7.04. The Kier molecular flexibility index (Phi) is 2.93. The molecule has 2 aliphatic rings. The maximum Gasteiger partial charge on any atom is 0.0613 e. The van der Waals surface area contributed by atoms with Crippen LogP contribution >= 0.6 is 11.6 Å². The molecular weight excluding hydrogens is 216 g/mol. The van der Waals surface area contributed by atoms with Gasteiger partial charge in [-0.05, 0) is 54.7 Å². The van der Waals surface area contributed by atoms with E-state index >= 15 is 0 Å². The van der Waals surface area contributed by atoms with E-state index in [-0.39, 0.29) is 5.38 Å². The molecular formula is C15H19Cl. The number of fused-ring (bicyclic) bond motifs is 1. The van der Waals surface area contributed by atoms with Gasteiger partial charge in [0.15, 0.2) is 0 Å². The normalized spacial score (nSPS) is 22.3. The fraction of sp³-hybridized carbons (Fsp3) is 0.600. The number of benzene rings is 1. The molecule has 0 aromatic heterocycles. The molecule has 0 radical (unpaired) electrons. The third-order valence-corrected chi connectivity index (χ3v) is 4.86. The molecule has 0 N–H and O–H groups in total. The SMILES string of the molecule is ClC(c1ccc2c(c1)CCC2)C1CCCC1. The number of halogens is 1. The van der Waals surface area contributed by atoms with Crippen LogP contribution in [-0.4, -0.2) is 0 Å². The minimum absolute atomic E-state index is 0.258. The lowest BCUT2D eigenvalue weighted by molar-refractivity contribution is 0.528. The Labute approximate surface area is 103 Å². The summed E-state index contributed by atoms with van der Waals surface area (Å²) in [5.41, 5.74) is 4.48. The first kappa shape index (κ1) is 10.7. The van der Waals surface area contributed by atoms with E-state index in [9.17, 15) is 0 Å². The van der Waals surface area contributed by atoms with Gasteiger partial charge in [-0.15, -0.1) is 11.6 Å². The van der Waals surface area contributed by atoms with Crippen LogP contribution in [0.4, 0.5) is 0 Å². The number of alkyl halides is 1. The first-order valence-electron chi connectivity index (χ1n) is 6.60. The zero-order chi connectivity index (χ0) is 11.0. The molecule has 0 amide bonds. The molecule has 0 bridgehead atoms. The second-order valence-electron chi connectivity index (χ2n) is 5.33. The molecule has 1 atom stereocenters. The van der Waals surface area contributed by atoms with Gasteiger partial charge in [-0.3, -0.25) is 0 Å². The minimum Gasteiger partial charge on any atom is -0.118 e. The average Bonchev–Trinajstić information content (AvgIpc) is 2.98. The molecule has 1 heteroatoms. The van der Waals surface area contributed by atoms with Gasteiger partial charge in [0.2, 0.25) is 0 Å². The molecule has 1 aromatic rings. The maximum absolute atomic E-state index is 6.61. The molecule has 3 rings (SSSR count). The lowest BCUT2D eigenvalue weighted by Gasteiger charge is -2.18. The van der Waals surface area contributed by atoms with E-state index in [4.69, 9.17) is 11.6 Å². The second-order valence-corrected chi connectivity index (χ2v) is 5.80. The van der Waals surface area contributed by atoms with E-state index in [2.05, 4.69) is 18.2 Å². The summed E-state index contributed by atoms with van der Waals surface area (Å²) in [6.45, 7) is 0. The van der Waals surface area contributed by atoms with Crippen LogP contribution in [0, 0.1) is 5.92 Å². The quantitative estimate of drug-likeness (QED) is 0.654. The Hall–Kier alpha value is -0.490. The smallest absolute Gasteiger partial charge is 0.0613 e. The number of hydrogen-bond donors (Lipinski definition) is 0. The van der Waals surface area contributed by atoms with Gasteiger partial charge in [0.25, 0.3) is 0 Å². The van der Waals surface area contributed by atoms with Crippen molar-refractivity contribution in [3.05, 3.63) is 34.9 Å². The van der Waals surface area contributed by atoms with Gasteiger partial charge in [-0.25, -0.2) is 0 Å². The highest BCUT2D eigenvalue weighted by Gasteiger charge is 2.25. The van der Waals surface area contributed by atoms with E-state index in [0.29, 0.717) is 0 Å². The average molecular weight is 235 g/mol. The summed E-state index contributed by atoms with van der Waals surface area (Å²) in [7, 11) is 0. The predicted molar refractivity (Wildman–Crippen MR) is 69.0 cm³/mol. The fourth-order valence-electron chi connectivity index (χ4n) is 3.29. The standard InChI is InChI=1S/C15H19Cl/c16-15(12-4-1-2-5-12)14-9-8-11-6-3-7-13(11)10-14/h8-10,12,15H,1-7H2. The van der Waals surface area contributed by atoms with E-state index in [0.717, 1.165) is 5.92 Å². The molecule has 2 aliphatic carbocycles. The Morgan fingerprint density at radius 3 is 2.56 bits per heavy atom. The van der Waals surface area contributed by atoms with E-state index in [1.54, 1.807) is 11.1 Å². The van der Waals surface area contributed by atoms with Crippen LogP contribution in [0.3, 0.4) is 0 Å². The second kappa shape index (κ2) is 4.41. The molecule has 1 unspecified atom stereocenters. The molecule has 1 saturated carbocycles. The van der Waals surface area contributed by atoms with Crippen LogP contribution in [0.5, 0.6) is 0 Å². The number of aryl methyl sites for hydroxylation is 2. The van der Waals surface area contributed by atoms with E-state index < -0.39 is 0 Å². The minimum atomic E-state index is 0.258. The molecule has 0 heterocycles. The van der Waals surface area contributed by atoms with E-state index in [1.807, 2.05) is 0 Å². The summed E-state index contributed by atoms with van der Waals surface area (Å²) in [4.78, 5) is 0.